The molecule has 0 bridgehead atoms. The Morgan fingerprint density at radius 2 is 1.89 bits per heavy atom. The summed E-state index contributed by atoms with van der Waals surface area (Å²) in [5, 5.41) is 19.0. The number of amides is 1. The van der Waals surface area contributed by atoms with Crippen molar-refractivity contribution in [1.29, 1.82) is 0 Å². The van der Waals surface area contributed by atoms with Crippen LogP contribution in [-0.4, -0.2) is 50.7 Å². The van der Waals surface area contributed by atoms with Crippen LogP contribution >= 0.6 is 0 Å². The lowest BCUT2D eigenvalue weighted by Crippen LogP contribution is -2.51. The highest BCUT2D eigenvalue weighted by Crippen LogP contribution is 2.23. The molecule has 7 nitrogen and oxygen atoms in total. The Bertz CT molecular complexity index is 801. The first kappa shape index (κ1) is 18.8. The summed E-state index contributed by atoms with van der Waals surface area (Å²) in [5.74, 6) is -0.650. The number of aliphatic carboxylic acids is 1. The fourth-order valence-corrected chi connectivity index (χ4v) is 3.02. The molecule has 0 radical (unpaired) electrons. The second kappa shape index (κ2) is 8.18. The van der Waals surface area contributed by atoms with Gasteiger partial charge >= 0.3 is 5.97 Å². The number of rotatable bonds is 6. The normalized spacial score (nSPS) is 16.0. The van der Waals surface area contributed by atoms with Gasteiger partial charge in [-0.1, -0.05) is 18.2 Å². The van der Waals surface area contributed by atoms with Gasteiger partial charge in [0.2, 0.25) is 5.91 Å². The van der Waals surface area contributed by atoms with Crippen LogP contribution in [0.25, 0.3) is 0 Å². The molecule has 2 N–H and O–H groups in total. The van der Waals surface area contributed by atoms with E-state index in [1.165, 1.54) is 0 Å². The number of carbonyl (C=O) groups is 2. The van der Waals surface area contributed by atoms with Crippen molar-refractivity contribution in [2.24, 2.45) is 0 Å². The second-order valence-electron chi connectivity index (χ2n) is 6.69. The number of hydrogen-bond donors (Lipinski definition) is 2. The maximum absolute atomic E-state index is 12.5. The van der Waals surface area contributed by atoms with Crippen LogP contribution in [-0.2, 0) is 22.6 Å². The summed E-state index contributed by atoms with van der Waals surface area (Å²) in [6.45, 7) is 0.864. The zero-order valence-electron chi connectivity index (χ0n) is 14.9. The van der Waals surface area contributed by atoms with Crippen molar-refractivity contribution in [2.45, 2.75) is 31.5 Å². The highest BCUT2D eigenvalue weighted by molar-refractivity contribution is 5.81. The molecule has 142 valence electrons. The fourth-order valence-electron chi connectivity index (χ4n) is 3.02. The van der Waals surface area contributed by atoms with Crippen LogP contribution in [0, 0.1) is 0 Å². The van der Waals surface area contributed by atoms with Crippen LogP contribution in [0.1, 0.15) is 24.0 Å². The summed E-state index contributed by atoms with van der Waals surface area (Å²) < 4.78 is 5.75. The average molecular weight is 370 g/mol. The van der Waals surface area contributed by atoms with Gasteiger partial charge in [-0.2, -0.15) is 0 Å². The van der Waals surface area contributed by atoms with Crippen molar-refractivity contribution in [2.75, 3.05) is 13.1 Å². The molecular weight excluding hydrogens is 348 g/mol. The average Bonchev–Trinajstić information content (AvgIpc) is 2.68. The quantitative estimate of drug-likeness (QED) is 0.802. The van der Waals surface area contributed by atoms with Gasteiger partial charge in [0.25, 0.3) is 0 Å². The lowest BCUT2D eigenvalue weighted by Gasteiger charge is -2.35. The molecule has 0 atom stereocenters. The Hall–Kier alpha value is -2.93. The smallest absolute Gasteiger partial charge is 0.335 e. The van der Waals surface area contributed by atoms with E-state index in [2.05, 4.69) is 4.98 Å². The predicted molar refractivity (Wildman–Crippen MR) is 97.1 cm³/mol. The number of nitrogens with zero attached hydrogens (tertiary/aromatic N) is 2. The number of piperidine rings is 1. The monoisotopic (exact) mass is 370 g/mol. The second-order valence-corrected chi connectivity index (χ2v) is 6.69. The van der Waals surface area contributed by atoms with E-state index in [1.54, 1.807) is 17.3 Å². The minimum atomic E-state index is -1.73. The van der Waals surface area contributed by atoms with Crippen molar-refractivity contribution in [3.63, 3.8) is 0 Å². The summed E-state index contributed by atoms with van der Waals surface area (Å²) in [7, 11) is 0. The van der Waals surface area contributed by atoms with E-state index in [4.69, 9.17) is 9.84 Å². The molecule has 2 aromatic rings. The van der Waals surface area contributed by atoms with Gasteiger partial charge in [0.15, 0.2) is 5.60 Å². The first-order valence-corrected chi connectivity index (χ1v) is 8.80. The van der Waals surface area contributed by atoms with Crippen LogP contribution in [0.15, 0.2) is 48.8 Å². The fraction of sp³-hybridized carbons (Fsp3) is 0.350. The zero-order valence-corrected chi connectivity index (χ0v) is 14.9. The molecule has 1 amide bonds. The van der Waals surface area contributed by atoms with E-state index in [0.29, 0.717) is 12.4 Å². The van der Waals surface area contributed by atoms with Crippen molar-refractivity contribution in [3.8, 4) is 5.75 Å². The SMILES string of the molecule is O=C(Cc1cccc(OCc2cccnc2)c1)N1CCC(O)(C(=O)O)CC1. The number of carbonyl (C=O) groups excluding carboxylic acids is 1. The van der Waals surface area contributed by atoms with Crippen molar-refractivity contribution >= 4 is 11.9 Å². The minimum absolute atomic E-state index is 0.0440. The topological polar surface area (TPSA) is 100.0 Å². The standard InChI is InChI=1S/C20H22N2O5/c23-18(22-9-6-20(26,7-10-22)19(24)25)12-15-3-1-5-17(11-15)27-14-16-4-2-8-21-13-16/h1-5,8,11,13,26H,6-7,9-10,12,14H2,(H,24,25). The molecule has 0 saturated carbocycles. The highest BCUT2D eigenvalue weighted by atomic mass is 16.5. The molecule has 7 heteroatoms. The number of pyridine rings is 1. The van der Waals surface area contributed by atoms with Gasteiger partial charge in [-0.15, -0.1) is 0 Å². The molecule has 0 unspecified atom stereocenters. The van der Waals surface area contributed by atoms with E-state index in [9.17, 15) is 14.7 Å². The molecule has 1 fully saturated rings. The minimum Gasteiger partial charge on any atom is -0.489 e. The highest BCUT2D eigenvalue weighted by Gasteiger charge is 2.40. The number of likely N-dealkylation sites (tertiary alicyclic amines) is 1. The zero-order chi connectivity index (χ0) is 19.3. The Morgan fingerprint density at radius 3 is 2.56 bits per heavy atom. The molecule has 1 saturated heterocycles. The molecule has 0 spiro atoms. The van der Waals surface area contributed by atoms with Crippen molar-refractivity contribution in [1.82, 2.24) is 9.88 Å². The molecule has 3 rings (SSSR count). The maximum atomic E-state index is 12.5. The molecule has 1 aliphatic heterocycles. The van der Waals surface area contributed by atoms with Crippen molar-refractivity contribution in [3.05, 3.63) is 59.9 Å². The molecule has 1 aromatic heterocycles. The van der Waals surface area contributed by atoms with E-state index in [-0.39, 0.29) is 38.3 Å². The summed E-state index contributed by atoms with van der Waals surface area (Å²) in [6, 6.07) is 11.1. The summed E-state index contributed by atoms with van der Waals surface area (Å²) in [4.78, 5) is 29.2. The summed E-state index contributed by atoms with van der Waals surface area (Å²) >= 11 is 0. The first-order chi connectivity index (χ1) is 13.0. The Kier molecular flexibility index (Phi) is 5.71. The third-order valence-electron chi connectivity index (χ3n) is 4.72. The third-order valence-corrected chi connectivity index (χ3v) is 4.72. The Balaban J connectivity index is 1.55. The maximum Gasteiger partial charge on any atom is 0.335 e. The van der Waals surface area contributed by atoms with E-state index < -0.39 is 11.6 Å². The molecule has 2 heterocycles. The van der Waals surface area contributed by atoms with E-state index >= 15 is 0 Å². The van der Waals surface area contributed by atoms with Gasteiger partial charge in [-0.05, 0) is 23.8 Å². The summed E-state index contributed by atoms with van der Waals surface area (Å²) in [6.07, 6.45) is 3.73. The number of aliphatic hydroxyl groups is 1. The number of ether oxygens (including phenoxy) is 1. The molecular formula is C20H22N2O5. The summed E-state index contributed by atoms with van der Waals surface area (Å²) in [5.41, 5.74) is 0.0533. The number of benzene rings is 1. The number of aromatic nitrogens is 1. The van der Waals surface area contributed by atoms with Crippen LogP contribution in [0.4, 0.5) is 0 Å². The Labute approximate surface area is 157 Å². The third kappa shape index (κ3) is 4.83. The predicted octanol–water partition coefficient (Wildman–Crippen LogP) is 1.64. The van der Waals surface area contributed by atoms with Gasteiger partial charge in [0, 0.05) is 43.9 Å². The van der Waals surface area contributed by atoms with E-state index in [0.717, 1.165) is 11.1 Å². The molecule has 1 aromatic carbocycles. The largest absolute Gasteiger partial charge is 0.489 e. The number of carboxylic acid groups (broad SMARTS) is 1. The first-order valence-electron chi connectivity index (χ1n) is 8.80. The van der Waals surface area contributed by atoms with Crippen LogP contribution in [0.3, 0.4) is 0 Å². The van der Waals surface area contributed by atoms with Gasteiger partial charge in [0.1, 0.15) is 12.4 Å². The van der Waals surface area contributed by atoms with E-state index in [1.807, 2.05) is 36.4 Å². The lowest BCUT2D eigenvalue weighted by molar-refractivity contribution is -0.165. The lowest BCUT2D eigenvalue weighted by atomic mass is 9.91. The van der Waals surface area contributed by atoms with Crippen LogP contribution < -0.4 is 4.74 Å². The molecule has 0 aliphatic carbocycles. The van der Waals surface area contributed by atoms with Gasteiger partial charge in [-0.25, -0.2) is 4.79 Å². The van der Waals surface area contributed by atoms with Gasteiger partial charge in [-0.3, -0.25) is 9.78 Å². The van der Waals surface area contributed by atoms with Gasteiger partial charge in [0.05, 0.1) is 6.42 Å². The van der Waals surface area contributed by atoms with Crippen LogP contribution in [0.2, 0.25) is 0 Å². The molecule has 1 aliphatic rings. The number of hydrogen-bond acceptors (Lipinski definition) is 5. The molecule has 27 heavy (non-hydrogen) atoms. The number of carboxylic acids is 1. The van der Waals surface area contributed by atoms with Crippen molar-refractivity contribution < 1.29 is 24.5 Å². The van der Waals surface area contributed by atoms with Crippen LogP contribution in [0.5, 0.6) is 5.75 Å². The van der Waals surface area contributed by atoms with Gasteiger partial charge < -0.3 is 19.8 Å². The Morgan fingerprint density at radius 1 is 1.15 bits per heavy atom.